The molecule has 1 aromatic rings. The van der Waals surface area contributed by atoms with Gasteiger partial charge >= 0.3 is 0 Å². The van der Waals surface area contributed by atoms with E-state index in [1.54, 1.807) is 0 Å². The Morgan fingerprint density at radius 1 is 1.18 bits per heavy atom. The Kier molecular flexibility index (Phi) is 4.63. The van der Waals surface area contributed by atoms with E-state index in [0.717, 1.165) is 6.54 Å². The Balaban J connectivity index is 1.74. The molecule has 0 saturated heterocycles. The summed E-state index contributed by atoms with van der Waals surface area (Å²) in [6.07, 6.45) is 8.28. The van der Waals surface area contributed by atoms with Crippen LogP contribution in [0.3, 0.4) is 0 Å². The van der Waals surface area contributed by atoms with Crippen molar-refractivity contribution in [1.29, 1.82) is 0 Å². The minimum absolute atomic E-state index is 0.559. The van der Waals surface area contributed by atoms with Crippen molar-refractivity contribution in [3.63, 3.8) is 0 Å². The van der Waals surface area contributed by atoms with Crippen LogP contribution in [0.15, 0.2) is 12.1 Å². The first-order chi connectivity index (χ1) is 8.22. The summed E-state index contributed by atoms with van der Waals surface area (Å²) < 4.78 is 0. The quantitative estimate of drug-likeness (QED) is 0.819. The van der Waals surface area contributed by atoms with Crippen molar-refractivity contribution in [1.82, 2.24) is 5.32 Å². The molecule has 2 heteroatoms. The summed E-state index contributed by atoms with van der Waals surface area (Å²) in [5.41, 5.74) is 0.559. The van der Waals surface area contributed by atoms with Gasteiger partial charge in [-0.1, -0.05) is 33.1 Å². The van der Waals surface area contributed by atoms with Crippen LogP contribution in [0.5, 0.6) is 0 Å². The van der Waals surface area contributed by atoms with E-state index in [1.807, 2.05) is 11.3 Å². The largest absolute Gasteiger partial charge is 0.311 e. The lowest BCUT2D eigenvalue weighted by atomic mass is 9.76. The lowest BCUT2D eigenvalue weighted by Gasteiger charge is -2.33. The molecule has 0 aromatic carbocycles. The minimum Gasteiger partial charge on any atom is -0.311 e. The molecule has 0 radical (unpaired) electrons. The Bertz CT molecular complexity index is 336. The fraction of sp³-hybridized carbons (Fsp3) is 0.733. The first-order valence-corrected chi connectivity index (χ1v) is 7.82. The van der Waals surface area contributed by atoms with Crippen molar-refractivity contribution >= 4 is 11.3 Å². The molecule has 1 N–H and O–H groups in total. The third kappa shape index (κ3) is 3.82. The standard InChI is InChI=1S/C15H25NS/c1-3-13-7-8-14(17-13)11-16-12-15(2)9-5-4-6-10-15/h7-8,16H,3-6,9-12H2,1-2H3. The zero-order valence-corrected chi connectivity index (χ0v) is 12.0. The van der Waals surface area contributed by atoms with Gasteiger partial charge < -0.3 is 5.32 Å². The normalized spacial score (nSPS) is 19.4. The molecule has 1 aliphatic carbocycles. The van der Waals surface area contributed by atoms with E-state index in [2.05, 4.69) is 31.3 Å². The van der Waals surface area contributed by atoms with Crippen molar-refractivity contribution in [3.05, 3.63) is 21.9 Å². The van der Waals surface area contributed by atoms with E-state index in [1.165, 1.54) is 54.8 Å². The van der Waals surface area contributed by atoms with Crippen LogP contribution in [-0.4, -0.2) is 6.54 Å². The Morgan fingerprint density at radius 2 is 1.88 bits per heavy atom. The molecule has 0 amide bonds. The first-order valence-electron chi connectivity index (χ1n) is 7.00. The van der Waals surface area contributed by atoms with Crippen molar-refractivity contribution in [3.8, 4) is 0 Å². The lowest BCUT2D eigenvalue weighted by molar-refractivity contribution is 0.208. The average Bonchev–Trinajstić information content (AvgIpc) is 2.78. The minimum atomic E-state index is 0.559. The molecule has 0 atom stereocenters. The number of thiophene rings is 1. The maximum atomic E-state index is 3.66. The summed E-state index contributed by atoms with van der Waals surface area (Å²) in [7, 11) is 0. The molecule has 2 rings (SSSR count). The molecule has 0 spiro atoms. The smallest absolute Gasteiger partial charge is 0.0300 e. The van der Waals surface area contributed by atoms with E-state index in [4.69, 9.17) is 0 Å². The zero-order chi connectivity index (χ0) is 12.1. The van der Waals surface area contributed by atoms with Gasteiger partial charge in [-0.05, 0) is 36.8 Å². The lowest BCUT2D eigenvalue weighted by Crippen LogP contribution is -2.33. The molecule has 1 saturated carbocycles. The fourth-order valence-corrected chi connectivity index (χ4v) is 3.70. The maximum Gasteiger partial charge on any atom is 0.0300 e. The van der Waals surface area contributed by atoms with Gasteiger partial charge in [0.15, 0.2) is 0 Å². The number of nitrogens with one attached hydrogen (secondary N) is 1. The second kappa shape index (κ2) is 6.01. The van der Waals surface area contributed by atoms with Gasteiger partial charge in [-0.15, -0.1) is 11.3 Å². The highest BCUT2D eigenvalue weighted by Crippen LogP contribution is 2.35. The van der Waals surface area contributed by atoms with E-state index in [-0.39, 0.29) is 0 Å². The topological polar surface area (TPSA) is 12.0 Å². The van der Waals surface area contributed by atoms with Crippen LogP contribution in [0.1, 0.15) is 55.7 Å². The third-order valence-electron chi connectivity index (χ3n) is 3.98. The molecule has 1 aromatic heterocycles. The Hall–Kier alpha value is -0.340. The van der Waals surface area contributed by atoms with Crippen LogP contribution in [-0.2, 0) is 13.0 Å². The monoisotopic (exact) mass is 251 g/mol. The molecule has 96 valence electrons. The second-order valence-corrected chi connectivity index (χ2v) is 6.95. The predicted octanol–water partition coefficient (Wildman–Crippen LogP) is 4.37. The number of rotatable bonds is 5. The molecule has 1 aliphatic rings. The first kappa shape index (κ1) is 13.1. The summed E-state index contributed by atoms with van der Waals surface area (Å²) in [5.74, 6) is 0. The molecule has 1 nitrogen and oxygen atoms in total. The number of aryl methyl sites for hydroxylation is 1. The van der Waals surface area contributed by atoms with Crippen molar-refractivity contribution < 1.29 is 0 Å². The van der Waals surface area contributed by atoms with Gasteiger partial charge in [-0.3, -0.25) is 0 Å². The van der Waals surface area contributed by atoms with E-state index in [0.29, 0.717) is 5.41 Å². The molecule has 1 heterocycles. The number of hydrogen-bond donors (Lipinski definition) is 1. The van der Waals surface area contributed by atoms with Crippen LogP contribution in [0, 0.1) is 5.41 Å². The molecule has 17 heavy (non-hydrogen) atoms. The molecule has 0 aliphatic heterocycles. The van der Waals surface area contributed by atoms with E-state index in [9.17, 15) is 0 Å². The van der Waals surface area contributed by atoms with Crippen molar-refractivity contribution in [2.45, 2.75) is 58.9 Å². The van der Waals surface area contributed by atoms with Gasteiger partial charge in [-0.2, -0.15) is 0 Å². The Morgan fingerprint density at radius 3 is 2.53 bits per heavy atom. The van der Waals surface area contributed by atoms with Crippen LogP contribution in [0.2, 0.25) is 0 Å². The second-order valence-electron chi connectivity index (χ2n) is 5.70. The van der Waals surface area contributed by atoms with Gasteiger partial charge in [0, 0.05) is 22.8 Å². The summed E-state index contributed by atoms with van der Waals surface area (Å²) in [4.78, 5) is 2.99. The molecular weight excluding hydrogens is 226 g/mol. The highest BCUT2D eigenvalue weighted by atomic mass is 32.1. The third-order valence-corrected chi connectivity index (χ3v) is 5.21. The van der Waals surface area contributed by atoms with Crippen LogP contribution < -0.4 is 5.32 Å². The van der Waals surface area contributed by atoms with Gasteiger partial charge in [0.1, 0.15) is 0 Å². The molecule has 1 fully saturated rings. The molecule has 0 bridgehead atoms. The van der Waals surface area contributed by atoms with Crippen LogP contribution in [0.4, 0.5) is 0 Å². The van der Waals surface area contributed by atoms with Crippen molar-refractivity contribution in [2.24, 2.45) is 5.41 Å². The van der Waals surface area contributed by atoms with Crippen LogP contribution in [0.25, 0.3) is 0 Å². The van der Waals surface area contributed by atoms with Gasteiger partial charge in [0.2, 0.25) is 0 Å². The summed E-state index contributed by atoms with van der Waals surface area (Å²) in [6, 6.07) is 4.55. The summed E-state index contributed by atoms with van der Waals surface area (Å²) in [5, 5.41) is 3.66. The van der Waals surface area contributed by atoms with Crippen LogP contribution >= 0.6 is 11.3 Å². The summed E-state index contributed by atoms with van der Waals surface area (Å²) >= 11 is 1.96. The van der Waals surface area contributed by atoms with Gasteiger partial charge in [0.25, 0.3) is 0 Å². The fourth-order valence-electron chi connectivity index (χ4n) is 2.78. The SMILES string of the molecule is CCc1ccc(CNCC2(C)CCCCC2)s1. The molecule has 0 unspecified atom stereocenters. The highest BCUT2D eigenvalue weighted by Gasteiger charge is 2.25. The van der Waals surface area contributed by atoms with Crippen molar-refractivity contribution in [2.75, 3.05) is 6.54 Å². The van der Waals surface area contributed by atoms with E-state index >= 15 is 0 Å². The maximum absolute atomic E-state index is 3.66. The van der Waals surface area contributed by atoms with Gasteiger partial charge in [-0.25, -0.2) is 0 Å². The predicted molar refractivity (Wildman–Crippen MR) is 76.6 cm³/mol. The highest BCUT2D eigenvalue weighted by molar-refractivity contribution is 7.11. The Labute approximate surface area is 110 Å². The van der Waals surface area contributed by atoms with E-state index < -0.39 is 0 Å². The van der Waals surface area contributed by atoms with Gasteiger partial charge in [0.05, 0.1) is 0 Å². The average molecular weight is 251 g/mol. The number of hydrogen-bond acceptors (Lipinski definition) is 2. The zero-order valence-electron chi connectivity index (χ0n) is 11.2. The summed E-state index contributed by atoms with van der Waals surface area (Å²) in [6.45, 7) is 6.92. The molecular formula is C15H25NS.